The number of Topliss-reactive ketones (excluding diaryl/α,β-unsaturated/α-hetero) is 1. The second-order valence-corrected chi connectivity index (χ2v) is 5.29. The van der Waals surface area contributed by atoms with Crippen LogP contribution in [0.4, 0.5) is 0 Å². The highest BCUT2D eigenvalue weighted by atomic mass is 16.2. The minimum absolute atomic E-state index is 0.0376. The zero-order chi connectivity index (χ0) is 15.2. The van der Waals surface area contributed by atoms with E-state index in [2.05, 4.69) is 5.32 Å². The summed E-state index contributed by atoms with van der Waals surface area (Å²) in [5.74, 6) is -1.19. The van der Waals surface area contributed by atoms with E-state index in [1.807, 2.05) is 6.92 Å². The standard InChI is InChI=1S/C16H20N2O3/c1-12-4-6-13(7-5-12)15(20)16(21)17-9-8-14(19)18-10-2-3-11-18/h4-7H,2-3,8-11H2,1H3,(H,17,21). The molecule has 1 saturated heterocycles. The van der Waals surface area contributed by atoms with Gasteiger partial charge in [-0.3, -0.25) is 14.4 Å². The van der Waals surface area contributed by atoms with Gasteiger partial charge in [0.2, 0.25) is 11.7 Å². The molecular formula is C16H20N2O3. The summed E-state index contributed by atoms with van der Waals surface area (Å²) < 4.78 is 0. The van der Waals surface area contributed by atoms with E-state index in [0.29, 0.717) is 5.56 Å². The van der Waals surface area contributed by atoms with E-state index in [4.69, 9.17) is 0 Å². The third-order valence-corrected chi connectivity index (χ3v) is 3.60. The summed E-state index contributed by atoms with van der Waals surface area (Å²) in [5.41, 5.74) is 1.40. The molecule has 0 atom stereocenters. The molecule has 5 nitrogen and oxygen atoms in total. The number of nitrogens with one attached hydrogen (secondary N) is 1. The number of carbonyl (C=O) groups is 3. The molecule has 1 fully saturated rings. The van der Waals surface area contributed by atoms with Gasteiger partial charge < -0.3 is 10.2 Å². The summed E-state index contributed by atoms with van der Waals surface area (Å²) in [6.07, 6.45) is 2.33. The van der Waals surface area contributed by atoms with Crippen molar-refractivity contribution in [2.75, 3.05) is 19.6 Å². The number of amides is 2. The number of hydrogen-bond acceptors (Lipinski definition) is 3. The quantitative estimate of drug-likeness (QED) is 0.656. The Kier molecular flexibility index (Phi) is 5.09. The van der Waals surface area contributed by atoms with Crippen molar-refractivity contribution >= 4 is 17.6 Å². The Morgan fingerprint density at radius 2 is 1.71 bits per heavy atom. The molecule has 1 aromatic carbocycles. The average Bonchev–Trinajstić information content (AvgIpc) is 3.01. The molecule has 5 heteroatoms. The van der Waals surface area contributed by atoms with Crippen molar-refractivity contribution in [2.45, 2.75) is 26.2 Å². The normalized spacial score (nSPS) is 14.0. The number of benzene rings is 1. The zero-order valence-electron chi connectivity index (χ0n) is 12.2. The van der Waals surface area contributed by atoms with Crippen molar-refractivity contribution in [1.29, 1.82) is 0 Å². The summed E-state index contributed by atoms with van der Waals surface area (Å²) in [6, 6.07) is 6.84. The number of carbonyl (C=O) groups excluding carboxylic acids is 3. The molecular weight excluding hydrogens is 268 g/mol. The van der Waals surface area contributed by atoms with Gasteiger partial charge in [-0.25, -0.2) is 0 Å². The van der Waals surface area contributed by atoms with Crippen LogP contribution in [0, 0.1) is 6.92 Å². The number of ketones is 1. The van der Waals surface area contributed by atoms with Crippen LogP contribution in [0.15, 0.2) is 24.3 Å². The molecule has 0 aliphatic carbocycles. The van der Waals surface area contributed by atoms with Gasteiger partial charge in [0.25, 0.3) is 5.91 Å². The van der Waals surface area contributed by atoms with Crippen LogP contribution in [-0.2, 0) is 9.59 Å². The van der Waals surface area contributed by atoms with E-state index < -0.39 is 11.7 Å². The molecule has 1 aliphatic heterocycles. The Labute approximate surface area is 124 Å². The average molecular weight is 288 g/mol. The lowest BCUT2D eigenvalue weighted by Gasteiger charge is -2.15. The Bertz CT molecular complexity index is 531. The van der Waals surface area contributed by atoms with Gasteiger partial charge in [-0.15, -0.1) is 0 Å². The Hall–Kier alpha value is -2.17. The zero-order valence-corrected chi connectivity index (χ0v) is 12.2. The predicted molar refractivity (Wildman–Crippen MR) is 79.0 cm³/mol. The molecule has 2 amide bonds. The molecule has 0 spiro atoms. The number of aryl methyl sites for hydroxylation is 1. The molecule has 21 heavy (non-hydrogen) atoms. The first-order valence-corrected chi connectivity index (χ1v) is 7.25. The van der Waals surface area contributed by atoms with Gasteiger partial charge in [0, 0.05) is 31.6 Å². The van der Waals surface area contributed by atoms with Crippen molar-refractivity contribution in [1.82, 2.24) is 10.2 Å². The first kappa shape index (κ1) is 15.2. The number of hydrogen-bond donors (Lipinski definition) is 1. The smallest absolute Gasteiger partial charge is 0.292 e. The Morgan fingerprint density at radius 3 is 2.33 bits per heavy atom. The van der Waals surface area contributed by atoms with Crippen LogP contribution in [0.2, 0.25) is 0 Å². The lowest BCUT2D eigenvalue weighted by Crippen LogP contribution is -2.35. The lowest BCUT2D eigenvalue weighted by molar-refractivity contribution is -0.130. The molecule has 1 aliphatic rings. The molecule has 0 aromatic heterocycles. The summed E-state index contributed by atoms with van der Waals surface area (Å²) in [6.45, 7) is 3.72. The van der Waals surface area contributed by atoms with Crippen molar-refractivity contribution < 1.29 is 14.4 Å². The van der Waals surface area contributed by atoms with Crippen LogP contribution in [-0.4, -0.2) is 42.1 Å². The van der Waals surface area contributed by atoms with E-state index >= 15 is 0 Å². The molecule has 1 heterocycles. The largest absolute Gasteiger partial charge is 0.349 e. The monoisotopic (exact) mass is 288 g/mol. The van der Waals surface area contributed by atoms with Crippen LogP contribution >= 0.6 is 0 Å². The highest BCUT2D eigenvalue weighted by Crippen LogP contribution is 2.08. The number of likely N-dealkylation sites (tertiary alicyclic amines) is 1. The molecule has 0 unspecified atom stereocenters. The van der Waals surface area contributed by atoms with Crippen LogP contribution in [0.5, 0.6) is 0 Å². The molecule has 0 bridgehead atoms. The first-order chi connectivity index (χ1) is 10.1. The third-order valence-electron chi connectivity index (χ3n) is 3.60. The Balaban J connectivity index is 1.77. The van der Waals surface area contributed by atoms with Crippen LogP contribution in [0.3, 0.4) is 0 Å². The summed E-state index contributed by atoms with van der Waals surface area (Å²) in [5, 5.41) is 2.51. The van der Waals surface area contributed by atoms with Gasteiger partial charge in [-0.1, -0.05) is 29.8 Å². The maximum atomic E-state index is 11.9. The second-order valence-electron chi connectivity index (χ2n) is 5.29. The van der Waals surface area contributed by atoms with Gasteiger partial charge in [0.1, 0.15) is 0 Å². The van der Waals surface area contributed by atoms with E-state index in [-0.39, 0.29) is 18.9 Å². The predicted octanol–water partition coefficient (Wildman–Crippen LogP) is 1.31. The summed E-state index contributed by atoms with van der Waals surface area (Å²) in [4.78, 5) is 37.2. The third kappa shape index (κ3) is 4.15. The fraction of sp³-hybridized carbons (Fsp3) is 0.438. The fourth-order valence-electron chi connectivity index (χ4n) is 2.32. The topological polar surface area (TPSA) is 66.5 Å². The van der Waals surface area contributed by atoms with E-state index in [0.717, 1.165) is 31.5 Å². The highest BCUT2D eigenvalue weighted by Gasteiger charge is 2.19. The van der Waals surface area contributed by atoms with E-state index in [9.17, 15) is 14.4 Å². The molecule has 112 valence electrons. The van der Waals surface area contributed by atoms with E-state index in [1.165, 1.54) is 0 Å². The van der Waals surface area contributed by atoms with Crippen LogP contribution in [0.1, 0.15) is 35.2 Å². The SMILES string of the molecule is Cc1ccc(C(=O)C(=O)NCCC(=O)N2CCCC2)cc1. The minimum Gasteiger partial charge on any atom is -0.349 e. The second kappa shape index (κ2) is 7.02. The van der Waals surface area contributed by atoms with Crippen LogP contribution < -0.4 is 5.32 Å². The minimum atomic E-state index is -0.659. The van der Waals surface area contributed by atoms with Crippen molar-refractivity contribution in [2.24, 2.45) is 0 Å². The summed E-state index contributed by atoms with van der Waals surface area (Å²) in [7, 11) is 0. The van der Waals surface area contributed by atoms with Crippen molar-refractivity contribution in [3.63, 3.8) is 0 Å². The molecule has 1 aromatic rings. The molecule has 2 rings (SSSR count). The van der Waals surface area contributed by atoms with Gasteiger partial charge >= 0.3 is 0 Å². The maximum Gasteiger partial charge on any atom is 0.292 e. The van der Waals surface area contributed by atoms with Crippen molar-refractivity contribution in [3.8, 4) is 0 Å². The first-order valence-electron chi connectivity index (χ1n) is 7.25. The van der Waals surface area contributed by atoms with E-state index in [1.54, 1.807) is 29.2 Å². The fourth-order valence-corrected chi connectivity index (χ4v) is 2.32. The van der Waals surface area contributed by atoms with Gasteiger partial charge in [0.05, 0.1) is 0 Å². The lowest BCUT2D eigenvalue weighted by atomic mass is 10.1. The van der Waals surface area contributed by atoms with Gasteiger partial charge in [0.15, 0.2) is 0 Å². The number of nitrogens with zero attached hydrogens (tertiary/aromatic N) is 1. The molecule has 0 radical (unpaired) electrons. The molecule has 0 saturated carbocycles. The number of rotatable bonds is 5. The molecule has 1 N–H and O–H groups in total. The highest BCUT2D eigenvalue weighted by molar-refractivity contribution is 6.42. The Morgan fingerprint density at radius 1 is 1.10 bits per heavy atom. The van der Waals surface area contributed by atoms with Crippen molar-refractivity contribution in [3.05, 3.63) is 35.4 Å². The van der Waals surface area contributed by atoms with Gasteiger partial charge in [-0.2, -0.15) is 0 Å². The maximum absolute atomic E-state index is 11.9. The van der Waals surface area contributed by atoms with Crippen LogP contribution in [0.25, 0.3) is 0 Å². The summed E-state index contributed by atoms with van der Waals surface area (Å²) >= 11 is 0. The van der Waals surface area contributed by atoms with Gasteiger partial charge in [-0.05, 0) is 19.8 Å².